The number of hydrogen-bond acceptors (Lipinski definition) is 6. The average molecular weight is 531 g/mol. The number of benzene rings is 2. The van der Waals surface area contributed by atoms with Gasteiger partial charge in [0.2, 0.25) is 0 Å². The predicted octanol–water partition coefficient (Wildman–Crippen LogP) is 3.85. The van der Waals surface area contributed by atoms with Gasteiger partial charge >= 0.3 is 18.1 Å². The molecular weight excluding hydrogens is 514 g/mol. The van der Waals surface area contributed by atoms with Crippen LogP contribution in [0.4, 0.5) is 33.7 Å². The van der Waals surface area contributed by atoms with Crippen molar-refractivity contribution in [2.75, 3.05) is 17.7 Å². The summed E-state index contributed by atoms with van der Waals surface area (Å²) in [6.45, 7) is 0. The quantitative estimate of drug-likeness (QED) is 0.196. The molecule has 0 aliphatic rings. The Labute approximate surface area is 211 Å². The summed E-state index contributed by atoms with van der Waals surface area (Å²) in [4.78, 5) is 28.0. The van der Waals surface area contributed by atoms with E-state index in [0.717, 1.165) is 47.5 Å². The fourth-order valence-electron chi connectivity index (χ4n) is 3.24. The summed E-state index contributed by atoms with van der Waals surface area (Å²) in [6.07, 6.45) is -1.25. The Morgan fingerprint density at radius 1 is 1.03 bits per heavy atom. The normalized spacial score (nSPS) is 11.1. The number of anilines is 2. The molecule has 0 fully saturated rings. The van der Waals surface area contributed by atoms with Crippen LogP contribution in [0.1, 0.15) is 16.1 Å². The third-order valence-electron chi connectivity index (χ3n) is 5.01. The van der Waals surface area contributed by atoms with Gasteiger partial charge in [-0.05, 0) is 30.3 Å². The lowest BCUT2D eigenvalue weighted by atomic mass is 10.1. The van der Waals surface area contributed by atoms with Crippen molar-refractivity contribution in [3.8, 4) is 17.2 Å². The van der Waals surface area contributed by atoms with E-state index in [0.29, 0.717) is 10.8 Å². The first-order chi connectivity index (χ1) is 18.0. The molecule has 0 aliphatic heterocycles. The summed E-state index contributed by atoms with van der Waals surface area (Å²) in [5.41, 5.74) is -1.74. The van der Waals surface area contributed by atoms with Gasteiger partial charge in [-0.3, -0.25) is 4.79 Å². The number of amides is 3. The number of alkyl halides is 3. The molecule has 11 nitrogen and oxygen atoms in total. The molecule has 0 bridgehead atoms. The van der Waals surface area contributed by atoms with Crippen LogP contribution in [0, 0.1) is 11.0 Å². The molecule has 0 saturated heterocycles. The number of halogens is 4. The Balaban J connectivity index is 1.51. The molecule has 196 valence electrons. The molecule has 0 radical (unpaired) electrons. The van der Waals surface area contributed by atoms with Crippen molar-refractivity contribution < 1.29 is 36.6 Å². The van der Waals surface area contributed by atoms with Gasteiger partial charge in [-0.1, -0.05) is 0 Å². The van der Waals surface area contributed by atoms with Gasteiger partial charge in [0.05, 0.1) is 28.7 Å². The number of ether oxygens (including phenoxy) is 1. The highest BCUT2D eigenvalue weighted by Crippen LogP contribution is 2.33. The number of nitrogens with zero attached hydrogens (tertiary/aromatic N) is 4. The second-order valence-electron chi connectivity index (χ2n) is 7.55. The van der Waals surface area contributed by atoms with Crippen molar-refractivity contribution in [2.24, 2.45) is 0 Å². The zero-order valence-corrected chi connectivity index (χ0v) is 19.3. The van der Waals surface area contributed by atoms with Crippen molar-refractivity contribution in [1.29, 1.82) is 0 Å². The van der Waals surface area contributed by atoms with Crippen LogP contribution in [0.25, 0.3) is 5.69 Å². The largest absolute Gasteiger partial charge is 0.618 e. The highest BCUT2D eigenvalue weighted by Gasteiger charge is 2.31. The lowest BCUT2D eigenvalue weighted by Crippen LogP contribution is -2.37. The van der Waals surface area contributed by atoms with Crippen LogP contribution < -0.4 is 25.4 Å². The molecule has 0 atom stereocenters. The van der Waals surface area contributed by atoms with Crippen LogP contribution in [0.2, 0.25) is 0 Å². The number of rotatable bonds is 6. The highest BCUT2D eigenvalue weighted by atomic mass is 19.4. The van der Waals surface area contributed by atoms with Crippen LogP contribution in [0.15, 0.2) is 67.4 Å². The van der Waals surface area contributed by atoms with Gasteiger partial charge in [-0.25, -0.2) is 18.9 Å². The van der Waals surface area contributed by atoms with Crippen LogP contribution >= 0.6 is 0 Å². The van der Waals surface area contributed by atoms with Crippen LogP contribution in [-0.2, 0) is 6.18 Å². The first kappa shape index (κ1) is 25.9. The molecule has 0 unspecified atom stereocenters. The van der Waals surface area contributed by atoms with E-state index in [2.05, 4.69) is 26.0 Å². The number of urea groups is 1. The number of nitrogens with one attached hydrogen (secondary N) is 3. The SMILES string of the molecule is CNC(=O)c1cc(Oc2ccc(NC(=O)Nc3cc(C(F)(F)F)ccc3-n3cncn3)c(F)c2)cc[n+]1[O-]. The Morgan fingerprint density at radius 3 is 2.42 bits per heavy atom. The Morgan fingerprint density at radius 2 is 1.76 bits per heavy atom. The molecule has 0 saturated carbocycles. The smallest absolute Gasteiger partial charge is 0.416 e. The van der Waals surface area contributed by atoms with Crippen molar-refractivity contribution in [3.05, 3.63) is 89.7 Å². The van der Waals surface area contributed by atoms with E-state index in [4.69, 9.17) is 4.74 Å². The van der Waals surface area contributed by atoms with Gasteiger partial charge in [0.1, 0.15) is 30.0 Å². The zero-order chi connectivity index (χ0) is 27.4. The van der Waals surface area contributed by atoms with E-state index in [1.54, 1.807) is 0 Å². The van der Waals surface area contributed by atoms with Gasteiger partial charge in [0, 0.05) is 19.2 Å². The summed E-state index contributed by atoms with van der Waals surface area (Å²) in [5, 5.41) is 22.4. The molecule has 2 heterocycles. The van der Waals surface area contributed by atoms with Crippen LogP contribution in [-0.4, -0.2) is 33.8 Å². The Bertz CT molecular complexity index is 1490. The fourth-order valence-corrected chi connectivity index (χ4v) is 3.24. The first-order valence-electron chi connectivity index (χ1n) is 10.6. The summed E-state index contributed by atoms with van der Waals surface area (Å²) in [5.74, 6) is -1.54. The minimum Gasteiger partial charge on any atom is -0.618 e. The van der Waals surface area contributed by atoms with E-state index in [-0.39, 0.29) is 34.3 Å². The van der Waals surface area contributed by atoms with Gasteiger partial charge in [0.25, 0.3) is 5.69 Å². The molecule has 15 heteroatoms. The second-order valence-corrected chi connectivity index (χ2v) is 7.55. The molecule has 2 aromatic carbocycles. The fraction of sp³-hybridized carbons (Fsp3) is 0.0870. The van der Waals surface area contributed by atoms with E-state index in [1.807, 2.05) is 0 Å². The van der Waals surface area contributed by atoms with E-state index in [1.165, 1.54) is 25.5 Å². The van der Waals surface area contributed by atoms with Crippen molar-refractivity contribution in [1.82, 2.24) is 20.1 Å². The first-order valence-corrected chi connectivity index (χ1v) is 10.6. The molecule has 0 aliphatic carbocycles. The van der Waals surface area contributed by atoms with Gasteiger partial charge in [-0.15, -0.1) is 0 Å². The summed E-state index contributed by atoms with van der Waals surface area (Å²) in [6, 6.07) is 7.40. The number of aromatic nitrogens is 4. The third-order valence-corrected chi connectivity index (χ3v) is 5.01. The number of carbonyl (C=O) groups excluding carboxylic acids is 2. The van der Waals surface area contributed by atoms with Crippen LogP contribution in [0.3, 0.4) is 0 Å². The molecule has 3 N–H and O–H groups in total. The second kappa shape index (κ2) is 10.4. The molecule has 4 aromatic rings. The summed E-state index contributed by atoms with van der Waals surface area (Å²) in [7, 11) is 1.34. The molecule has 4 rings (SSSR count). The Hall–Kier alpha value is -5.21. The molecule has 2 aromatic heterocycles. The van der Waals surface area contributed by atoms with E-state index >= 15 is 0 Å². The summed E-state index contributed by atoms with van der Waals surface area (Å²) < 4.78 is 61.3. The van der Waals surface area contributed by atoms with Gasteiger partial charge in [0.15, 0.2) is 6.20 Å². The topological polar surface area (TPSA) is 137 Å². The highest BCUT2D eigenvalue weighted by molar-refractivity contribution is 6.01. The number of carbonyl (C=O) groups is 2. The molecule has 3 amide bonds. The maximum Gasteiger partial charge on any atom is 0.416 e. The lowest BCUT2D eigenvalue weighted by Gasteiger charge is -2.15. The van der Waals surface area contributed by atoms with Gasteiger partial charge < -0.3 is 25.9 Å². The monoisotopic (exact) mass is 531 g/mol. The third kappa shape index (κ3) is 5.77. The van der Waals surface area contributed by atoms with E-state index in [9.17, 15) is 32.4 Å². The van der Waals surface area contributed by atoms with Gasteiger partial charge in [-0.2, -0.15) is 23.0 Å². The van der Waals surface area contributed by atoms with Crippen LogP contribution in [0.5, 0.6) is 11.5 Å². The minimum atomic E-state index is -4.68. The maximum absolute atomic E-state index is 14.7. The number of pyridine rings is 1. The Kier molecular flexibility index (Phi) is 7.09. The van der Waals surface area contributed by atoms with E-state index < -0.39 is 29.5 Å². The zero-order valence-electron chi connectivity index (χ0n) is 19.3. The molecule has 0 spiro atoms. The maximum atomic E-state index is 14.7. The van der Waals surface area contributed by atoms with Crippen molar-refractivity contribution in [2.45, 2.75) is 6.18 Å². The lowest BCUT2D eigenvalue weighted by molar-refractivity contribution is -0.607. The summed E-state index contributed by atoms with van der Waals surface area (Å²) >= 11 is 0. The molecular formula is C23H17F4N7O4. The minimum absolute atomic E-state index is 0.0219. The average Bonchev–Trinajstić information content (AvgIpc) is 3.40. The standard InChI is InChI=1S/C23H17F4N7O4/c1-28-21(35)20-10-15(6-7-34(20)37)38-14-3-4-17(16(24)9-14)31-22(36)32-18-8-13(23(25,26)27)2-5-19(18)33-12-29-11-30-33/h2-12H,1H3,(H,28,35)(H2,31,32,36). The van der Waals surface area contributed by atoms with Crippen molar-refractivity contribution in [3.63, 3.8) is 0 Å². The predicted molar refractivity (Wildman–Crippen MR) is 124 cm³/mol. The van der Waals surface area contributed by atoms with Crippen molar-refractivity contribution >= 4 is 23.3 Å². The number of hydrogen-bond donors (Lipinski definition) is 3. The molecule has 38 heavy (non-hydrogen) atoms.